The van der Waals surface area contributed by atoms with E-state index in [1.165, 1.54) is 16.4 Å². The van der Waals surface area contributed by atoms with Crippen LogP contribution >= 0.6 is 15.9 Å². The molecule has 0 amide bonds. The highest BCUT2D eigenvalue weighted by Crippen LogP contribution is 2.28. The van der Waals surface area contributed by atoms with Gasteiger partial charge >= 0.3 is 0 Å². The fraction of sp³-hybridized carbons (Fsp3) is 0.538. The second-order valence-electron chi connectivity index (χ2n) is 4.80. The van der Waals surface area contributed by atoms with Crippen molar-refractivity contribution < 1.29 is 22.7 Å². The van der Waals surface area contributed by atoms with E-state index >= 15 is 0 Å². The Kier molecular flexibility index (Phi) is 5.37. The first-order valence-electron chi connectivity index (χ1n) is 6.60. The Morgan fingerprint density at radius 3 is 2.86 bits per heavy atom. The summed E-state index contributed by atoms with van der Waals surface area (Å²) >= 11 is 3.14. The van der Waals surface area contributed by atoms with E-state index in [1.54, 1.807) is 0 Å². The Morgan fingerprint density at radius 2 is 2.24 bits per heavy atom. The van der Waals surface area contributed by atoms with Gasteiger partial charge in [-0.3, -0.25) is 0 Å². The average molecular weight is 382 g/mol. The van der Waals surface area contributed by atoms with Crippen molar-refractivity contribution in [3.05, 3.63) is 28.0 Å². The van der Waals surface area contributed by atoms with Crippen LogP contribution < -0.4 is 0 Å². The normalized spacial score (nSPS) is 20.7. The van der Waals surface area contributed by atoms with E-state index in [9.17, 15) is 12.8 Å². The number of aliphatic hydroxyl groups is 1. The fourth-order valence-electron chi connectivity index (χ4n) is 2.22. The molecular weight excluding hydrogens is 365 g/mol. The summed E-state index contributed by atoms with van der Waals surface area (Å²) in [6.07, 6.45) is 0.510. The smallest absolute Gasteiger partial charge is 0.246 e. The van der Waals surface area contributed by atoms with Crippen molar-refractivity contribution in [3.8, 4) is 0 Å². The molecule has 21 heavy (non-hydrogen) atoms. The van der Waals surface area contributed by atoms with Gasteiger partial charge in [0.2, 0.25) is 10.0 Å². The molecule has 0 aromatic heterocycles. The number of morpholine rings is 1. The summed E-state index contributed by atoms with van der Waals surface area (Å²) in [5.74, 6) is -0.903. The number of sulfonamides is 1. The van der Waals surface area contributed by atoms with E-state index < -0.39 is 27.3 Å². The van der Waals surface area contributed by atoms with Crippen molar-refractivity contribution in [2.24, 2.45) is 0 Å². The first kappa shape index (κ1) is 16.8. The molecule has 5 nitrogen and oxygen atoms in total. The van der Waals surface area contributed by atoms with Crippen LogP contribution in [0.2, 0.25) is 0 Å². The fourth-order valence-corrected chi connectivity index (χ4v) is 4.46. The Morgan fingerprint density at radius 1 is 1.52 bits per heavy atom. The summed E-state index contributed by atoms with van der Waals surface area (Å²) < 4.78 is 46.6. The third-order valence-electron chi connectivity index (χ3n) is 3.42. The lowest BCUT2D eigenvalue weighted by molar-refractivity contribution is -0.00284. The van der Waals surface area contributed by atoms with Crippen LogP contribution in [0.4, 0.5) is 4.39 Å². The number of nitrogens with zero attached hydrogens (tertiary/aromatic N) is 1. The summed E-state index contributed by atoms with van der Waals surface area (Å²) in [4.78, 5) is -0.419. The molecule has 1 heterocycles. The molecule has 2 rings (SSSR count). The Bertz CT molecular complexity index is 623. The highest BCUT2D eigenvalue weighted by molar-refractivity contribution is 9.10. The largest absolute Gasteiger partial charge is 0.392 e. The van der Waals surface area contributed by atoms with E-state index in [0.29, 0.717) is 17.5 Å². The monoisotopic (exact) mass is 381 g/mol. The van der Waals surface area contributed by atoms with E-state index in [2.05, 4.69) is 15.9 Å². The van der Waals surface area contributed by atoms with Gasteiger partial charge in [0.1, 0.15) is 10.7 Å². The first-order chi connectivity index (χ1) is 9.90. The molecular formula is C13H17BrFNO4S. The summed E-state index contributed by atoms with van der Waals surface area (Å²) in [7, 11) is -3.95. The number of aliphatic hydroxyl groups excluding tert-OH is 1. The quantitative estimate of drug-likeness (QED) is 0.864. The molecule has 0 saturated carbocycles. The van der Waals surface area contributed by atoms with Crippen LogP contribution in [0.15, 0.2) is 21.5 Å². The van der Waals surface area contributed by atoms with Crippen molar-refractivity contribution in [3.63, 3.8) is 0 Å². The van der Waals surface area contributed by atoms with Crippen LogP contribution in [0.3, 0.4) is 0 Å². The molecule has 1 fully saturated rings. The second-order valence-corrected chi connectivity index (χ2v) is 7.62. The zero-order chi connectivity index (χ0) is 15.6. The van der Waals surface area contributed by atoms with Crippen LogP contribution in [0.1, 0.15) is 18.9 Å². The van der Waals surface area contributed by atoms with E-state index in [4.69, 9.17) is 9.84 Å². The van der Waals surface area contributed by atoms with Gasteiger partial charge in [-0.25, -0.2) is 12.8 Å². The lowest BCUT2D eigenvalue weighted by Gasteiger charge is -2.31. The Labute approximate surface area is 131 Å². The molecule has 118 valence electrons. The summed E-state index contributed by atoms with van der Waals surface area (Å²) in [5.41, 5.74) is -0.0525. The molecule has 1 aliphatic heterocycles. The van der Waals surface area contributed by atoms with Gasteiger partial charge in [0, 0.05) is 23.1 Å². The van der Waals surface area contributed by atoms with Crippen molar-refractivity contribution in [1.82, 2.24) is 4.31 Å². The van der Waals surface area contributed by atoms with Crippen LogP contribution in [0.25, 0.3) is 0 Å². The van der Waals surface area contributed by atoms with E-state index in [-0.39, 0.29) is 24.8 Å². The molecule has 0 spiro atoms. The maximum Gasteiger partial charge on any atom is 0.246 e. The van der Waals surface area contributed by atoms with Crippen molar-refractivity contribution >= 4 is 26.0 Å². The molecule has 1 N–H and O–H groups in total. The predicted molar refractivity (Wildman–Crippen MR) is 78.8 cm³/mol. The number of benzene rings is 1. The molecule has 0 aliphatic carbocycles. The number of hydrogen-bond donors (Lipinski definition) is 1. The van der Waals surface area contributed by atoms with Crippen molar-refractivity contribution in [2.45, 2.75) is 31.0 Å². The van der Waals surface area contributed by atoms with Crippen LogP contribution in [-0.4, -0.2) is 43.6 Å². The topological polar surface area (TPSA) is 66.8 Å². The molecule has 8 heteroatoms. The molecule has 0 radical (unpaired) electrons. The molecule has 1 aliphatic rings. The molecule has 1 atom stereocenters. The Balaban J connectivity index is 2.42. The number of hydrogen-bond acceptors (Lipinski definition) is 4. The minimum Gasteiger partial charge on any atom is -0.392 e. The average Bonchev–Trinajstić information content (AvgIpc) is 2.49. The van der Waals surface area contributed by atoms with Gasteiger partial charge in [-0.05, 0) is 18.6 Å². The zero-order valence-electron chi connectivity index (χ0n) is 11.6. The third kappa shape index (κ3) is 3.45. The highest BCUT2D eigenvalue weighted by atomic mass is 79.9. The maximum atomic E-state index is 14.3. The zero-order valence-corrected chi connectivity index (χ0v) is 14.0. The van der Waals surface area contributed by atoms with Crippen LogP contribution in [0.5, 0.6) is 0 Å². The summed E-state index contributed by atoms with van der Waals surface area (Å²) in [6, 6.07) is 2.59. The van der Waals surface area contributed by atoms with E-state index in [0.717, 1.165) is 0 Å². The van der Waals surface area contributed by atoms with Gasteiger partial charge in [0.05, 0.1) is 19.3 Å². The van der Waals surface area contributed by atoms with Crippen molar-refractivity contribution in [1.29, 1.82) is 0 Å². The minimum absolute atomic E-state index is 0.0525. The lowest BCUT2D eigenvalue weighted by Crippen LogP contribution is -2.45. The standard InChI is InChI=1S/C13H17BrFNO4S/c1-2-11-7-16(3-4-20-11)21(18,19)12-6-10(14)5-9(8-17)13(12)15/h5-6,11,17H,2-4,7-8H2,1H3. The SMILES string of the molecule is CCC1CN(S(=O)(=O)c2cc(Br)cc(CO)c2F)CCO1. The molecule has 1 unspecified atom stereocenters. The van der Waals surface area contributed by atoms with Crippen molar-refractivity contribution in [2.75, 3.05) is 19.7 Å². The third-order valence-corrected chi connectivity index (χ3v) is 5.75. The van der Waals surface area contributed by atoms with Crippen LogP contribution in [0, 0.1) is 5.82 Å². The minimum atomic E-state index is -3.95. The Hall–Kier alpha value is -0.540. The van der Waals surface area contributed by atoms with Gasteiger partial charge in [0.25, 0.3) is 0 Å². The number of halogens is 2. The molecule has 1 aromatic rings. The number of ether oxygens (including phenoxy) is 1. The maximum absolute atomic E-state index is 14.3. The second kappa shape index (κ2) is 6.70. The van der Waals surface area contributed by atoms with Gasteiger partial charge < -0.3 is 9.84 Å². The number of rotatable bonds is 4. The predicted octanol–water partition coefficient (Wildman–Crippen LogP) is 1.88. The summed E-state index contributed by atoms with van der Waals surface area (Å²) in [6.45, 7) is 2.04. The van der Waals surface area contributed by atoms with Gasteiger partial charge in [-0.2, -0.15) is 4.31 Å². The lowest BCUT2D eigenvalue weighted by atomic mass is 10.2. The van der Waals surface area contributed by atoms with E-state index in [1.807, 2.05) is 6.92 Å². The van der Waals surface area contributed by atoms with Gasteiger partial charge in [-0.15, -0.1) is 0 Å². The van der Waals surface area contributed by atoms with Gasteiger partial charge in [0.15, 0.2) is 0 Å². The molecule has 1 saturated heterocycles. The molecule has 1 aromatic carbocycles. The highest BCUT2D eigenvalue weighted by Gasteiger charge is 2.33. The first-order valence-corrected chi connectivity index (χ1v) is 8.84. The summed E-state index contributed by atoms with van der Waals surface area (Å²) in [5, 5.41) is 9.13. The van der Waals surface area contributed by atoms with Crippen LogP contribution in [-0.2, 0) is 21.4 Å². The molecule has 0 bridgehead atoms. The van der Waals surface area contributed by atoms with Gasteiger partial charge in [-0.1, -0.05) is 22.9 Å².